The normalized spacial score (nSPS) is 14.4. The van der Waals surface area contributed by atoms with Gasteiger partial charge in [-0.1, -0.05) is 24.3 Å². The summed E-state index contributed by atoms with van der Waals surface area (Å²) in [4.78, 5) is 0. The van der Waals surface area contributed by atoms with Crippen molar-refractivity contribution in [3.8, 4) is 11.3 Å². The molecule has 0 saturated carbocycles. The number of nitrogens with one attached hydrogen (secondary N) is 1. The van der Waals surface area contributed by atoms with Gasteiger partial charge in [0.15, 0.2) is 0 Å². The Balaban J connectivity index is 2.12. The maximum atomic E-state index is 9.94. The minimum atomic E-state index is -0.868. The lowest BCUT2D eigenvalue weighted by atomic mass is 10.0. The van der Waals surface area contributed by atoms with Crippen LogP contribution in [0.2, 0.25) is 0 Å². The second-order valence-electron chi connectivity index (χ2n) is 4.12. The molecule has 2 rings (SSSR count). The molecular formula is C13H16N2O2S. The van der Waals surface area contributed by atoms with E-state index in [0.29, 0.717) is 17.7 Å². The van der Waals surface area contributed by atoms with Gasteiger partial charge in [0, 0.05) is 6.20 Å². The van der Waals surface area contributed by atoms with Crippen LogP contribution in [0.5, 0.6) is 0 Å². The Morgan fingerprint density at radius 2 is 1.89 bits per heavy atom. The van der Waals surface area contributed by atoms with E-state index in [-0.39, 0.29) is 0 Å². The van der Waals surface area contributed by atoms with E-state index < -0.39 is 12.2 Å². The first kappa shape index (κ1) is 13.1. The smallest absolute Gasteiger partial charge is 0.105 e. The number of aromatic nitrogens is 2. The van der Waals surface area contributed by atoms with Crippen molar-refractivity contribution in [1.29, 1.82) is 0 Å². The first-order valence-corrected chi connectivity index (χ1v) is 6.42. The topological polar surface area (TPSA) is 69.1 Å². The van der Waals surface area contributed by atoms with Gasteiger partial charge < -0.3 is 10.2 Å². The van der Waals surface area contributed by atoms with Crippen LogP contribution < -0.4 is 0 Å². The third kappa shape index (κ3) is 2.93. The fourth-order valence-electron chi connectivity index (χ4n) is 1.79. The number of aliphatic hydroxyl groups is 2. The van der Waals surface area contributed by atoms with Crippen LogP contribution in [0.1, 0.15) is 18.1 Å². The van der Waals surface area contributed by atoms with E-state index in [1.165, 1.54) is 0 Å². The minimum absolute atomic E-state index is 0.465. The molecule has 18 heavy (non-hydrogen) atoms. The Morgan fingerprint density at radius 1 is 1.17 bits per heavy atom. The summed E-state index contributed by atoms with van der Waals surface area (Å²) in [5.41, 5.74) is 2.62. The van der Waals surface area contributed by atoms with E-state index in [4.69, 9.17) is 0 Å². The number of hydrogen-bond donors (Lipinski definition) is 4. The van der Waals surface area contributed by atoms with Crippen molar-refractivity contribution in [2.24, 2.45) is 0 Å². The first-order valence-electron chi connectivity index (χ1n) is 5.79. The van der Waals surface area contributed by atoms with E-state index >= 15 is 0 Å². The molecule has 96 valence electrons. The molecule has 1 aromatic carbocycles. The highest BCUT2D eigenvalue weighted by Gasteiger charge is 2.17. The summed E-state index contributed by atoms with van der Waals surface area (Å²) in [6, 6.07) is 9.27. The molecule has 0 aliphatic carbocycles. The average molecular weight is 264 g/mol. The molecule has 3 N–H and O–H groups in total. The lowest BCUT2D eigenvalue weighted by Gasteiger charge is -2.17. The van der Waals surface area contributed by atoms with Gasteiger partial charge in [-0.2, -0.15) is 17.7 Å². The van der Waals surface area contributed by atoms with E-state index in [1.54, 1.807) is 6.20 Å². The van der Waals surface area contributed by atoms with Crippen LogP contribution in [0.25, 0.3) is 11.3 Å². The van der Waals surface area contributed by atoms with Crippen LogP contribution in [0, 0.1) is 0 Å². The molecule has 0 radical (unpaired) electrons. The maximum absolute atomic E-state index is 9.94. The van der Waals surface area contributed by atoms with Crippen molar-refractivity contribution in [3.63, 3.8) is 0 Å². The third-order valence-corrected chi connectivity index (χ3v) is 3.11. The molecule has 2 atom stereocenters. The molecular weight excluding hydrogens is 248 g/mol. The Morgan fingerprint density at radius 3 is 2.44 bits per heavy atom. The molecule has 2 unspecified atom stereocenters. The molecule has 1 aromatic heterocycles. The van der Waals surface area contributed by atoms with Gasteiger partial charge in [0.2, 0.25) is 0 Å². The first-order chi connectivity index (χ1) is 8.72. The molecule has 0 saturated heterocycles. The van der Waals surface area contributed by atoms with Gasteiger partial charge >= 0.3 is 0 Å². The SMILES string of the molecule is OC(CCS)C(O)c1ccc(-c2ccn[nH]2)cc1. The Hall–Kier alpha value is -1.30. The molecule has 0 amide bonds. The summed E-state index contributed by atoms with van der Waals surface area (Å²) in [6.07, 6.45) is 0.509. The monoisotopic (exact) mass is 264 g/mol. The Labute approximate surface area is 111 Å². The van der Waals surface area contributed by atoms with Crippen molar-refractivity contribution in [2.75, 3.05) is 5.75 Å². The van der Waals surface area contributed by atoms with Crippen molar-refractivity contribution >= 4 is 12.6 Å². The Kier molecular flexibility index (Phi) is 4.41. The van der Waals surface area contributed by atoms with Crippen LogP contribution in [0.15, 0.2) is 36.5 Å². The number of rotatable bonds is 5. The predicted octanol–water partition coefficient (Wildman–Crippen LogP) is 1.79. The minimum Gasteiger partial charge on any atom is -0.390 e. The standard InChI is InChI=1S/C13H16N2O2S/c16-12(6-8-18)13(17)10-3-1-9(2-4-10)11-5-7-14-15-11/h1-5,7,12-13,16-18H,6,8H2,(H,14,15). The zero-order valence-corrected chi connectivity index (χ0v) is 10.7. The van der Waals surface area contributed by atoms with Gasteiger partial charge in [-0.05, 0) is 29.4 Å². The number of aromatic amines is 1. The summed E-state index contributed by atoms with van der Waals surface area (Å²) < 4.78 is 0. The Bertz CT molecular complexity index is 470. The summed E-state index contributed by atoms with van der Waals surface area (Å²) in [5, 5.41) is 26.4. The van der Waals surface area contributed by atoms with Gasteiger partial charge in [0.05, 0.1) is 11.8 Å². The van der Waals surface area contributed by atoms with E-state index in [0.717, 1.165) is 11.3 Å². The fraction of sp³-hybridized carbons (Fsp3) is 0.308. The van der Waals surface area contributed by atoms with E-state index in [1.807, 2.05) is 30.3 Å². The highest BCUT2D eigenvalue weighted by atomic mass is 32.1. The van der Waals surface area contributed by atoms with Crippen molar-refractivity contribution in [1.82, 2.24) is 10.2 Å². The molecule has 1 heterocycles. The van der Waals surface area contributed by atoms with Crippen molar-refractivity contribution < 1.29 is 10.2 Å². The molecule has 0 aliphatic heterocycles. The molecule has 0 aliphatic rings. The molecule has 2 aromatic rings. The average Bonchev–Trinajstić information content (AvgIpc) is 2.92. The fourth-order valence-corrected chi connectivity index (χ4v) is 2.05. The van der Waals surface area contributed by atoms with Gasteiger partial charge in [-0.15, -0.1) is 0 Å². The number of nitrogens with zero attached hydrogens (tertiary/aromatic N) is 1. The largest absolute Gasteiger partial charge is 0.390 e. The molecule has 0 bridgehead atoms. The van der Waals surface area contributed by atoms with Crippen molar-refractivity contribution in [2.45, 2.75) is 18.6 Å². The number of H-pyrrole nitrogens is 1. The lowest BCUT2D eigenvalue weighted by Crippen LogP contribution is -2.18. The molecule has 0 fully saturated rings. The van der Waals surface area contributed by atoms with E-state index in [2.05, 4.69) is 22.8 Å². The summed E-state index contributed by atoms with van der Waals surface area (Å²) in [5.74, 6) is 0.546. The van der Waals surface area contributed by atoms with Gasteiger partial charge in [-0.25, -0.2) is 0 Å². The molecule has 0 spiro atoms. The highest BCUT2D eigenvalue weighted by molar-refractivity contribution is 7.80. The summed E-state index contributed by atoms with van der Waals surface area (Å²) >= 11 is 4.04. The highest BCUT2D eigenvalue weighted by Crippen LogP contribution is 2.23. The zero-order chi connectivity index (χ0) is 13.0. The second kappa shape index (κ2) is 6.04. The number of hydrogen-bond acceptors (Lipinski definition) is 4. The quantitative estimate of drug-likeness (QED) is 0.622. The van der Waals surface area contributed by atoms with Crippen LogP contribution in [-0.2, 0) is 0 Å². The zero-order valence-electron chi connectivity index (χ0n) is 9.82. The molecule has 4 nitrogen and oxygen atoms in total. The summed E-state index contributed by atoms with van der Waals surface area (Å²) in [6.45, 7) is 0. The van der Waals surface area contributed by atoms with Crippen LogP contribution >= 0.6 is 12.6 Å². The maximum Gasteiger partial charge on any atom is 0.105 e. The van der Waals surface area contributed by atoms with Gasteiger partial charge in [0.1, 0.15) is 6.10 Å². The van der Waals surface area contributed by atoms with Crippen LogP contribution in [-0.4, -0.2) is 32.3 Å². The molecule has 5 heteroatoms. The third-order valence-electron chi connectivity index (χ3n) is 2.85. The lowest BCUT2D eigenvalue weighted by molar-refractivity contribution is 0.0172. The van der Waals surface area contributed by atoms with Crippen LogP contribution in [0.4, 0.5) is 0 Å². The van der Waals surface area contributed by atoms with Crippen molar-refractivity contribution in [3.05, 3.63) is 42.1 Å². The van der Waals surface area contributed by atoms with Gasteiger partial charge in [-0.3, -0.25) is 5.10 Å². The number of aliphatic hydroxyl groups excluding tert-OH is 2. The second-order valence-corrected chi connectivity index (χ2v) is 4.56. The number of benzene rings is 1. The predicted molar refractivity (Wildman–Crippen MR) is 73.5 cm³/mol. The van der Waals surface area contributed by atoms with Crippen LogP contribution in [0.3, 0.4) is 0 Å². The van der Waals surface area contributed by atoms with Gasteiger partial charge in [0.25, 0.3) is 0 Å². The van der Waals surface area contributed by atoms with E-state index in [9.17, 15) is 10.2 Å². The number of thiol groups is 1. The summed E-state index contributed by atoms with van der Waals surface area (Å²) in [7, 11) is 0.